The van der Waals surface area contributed by atoms with E-state index in [4.69, 9.17) is 57.2 Å². The molecule has 0 aliphatic heterocycles. The normalized spacial score (nSPS) is 11.7. The summed E-state index contributed by atoms with van der Waals surface area (Å²) in [5, 5.41) is 8.30. The predicted octanol–water partition coefficient (Wildman–Crippen LogP) is 1.65. The number of rotatable bonds is 37. The molecule has 17 heteroatoms. The van der Waals surface area contributed by atoms with Gasteiger partial charge in [0.05, 0.1) is 156 Å². The Bertz CT molecular complexity index is 980. The van der Waals surface area contributed by atoms with Gasteiger partial charge in [-0.1, -0.05) is 17.7 Å². The highest BCUT2D eigenvalue weighted by Gasteiger charge is 2.13. The van der Waals surface area contributed by atoms with Gasteiger partial charge in [0.15, 0.2) is 9.84 Å². The van der Waals surface area contributed by atoms with Gasteiger partial charge >= 0.3 is 6.16 Å². The van der Waals surface area contributed by atoms with E-state index in [-0.39, 0.29) is 25.6 Å². The Morgan fingerprint density at radius 1 is 0.449 bits per heavy atom. The Balaban J connectivity index is 1.67. The van der Waals surface area contributed by atoms with E-state index in [2.05, 4.69) is 4.74 Å². The minimum atomic E-state index is -3.34. The maximum Gasteiger partial charge on any atom is 0.505 e. The molecule has 0 atom stereocenters. The van der Waals surface area contributed by atoms with Crippen molar-refractivity contribution >= 4 is 16.0 Å². The van der Waals surface area contributed by atoms with Gasteiger partial charge in [0.2, 0.25) is 0 Å². The Kier molecular flexibility index (Phi) is 30.5. The fourth-order valence-electron chi connectivity index (χ4n) is 3.52. The lowest BCUT2D eigenvalue weighted by atomic mass is 10.2. The van der Waals surface area contributed by atoms with Crippen molar-refractivity contribution in [1.29, 1.82) is 0 Å². The molecule has 0 spiro atoms. The predicted molar refractivity (Wildman–Crippen MR) is 176 cm³/mol. The van der Waals surface area contributed by atoms with Crippen LogP contribution in [0.15, 0.2) is 29.2 Å². The molecule has 0 unspecified atom stereocenters. The minimum absolute atomic E-state index is 0.000794. The summed E-state index contributed by atoms with van der Waals surface area (Å²) in [6.07, 6.45) is -1.32. The highest BCUT2D eigenvalue weighted by molar-refractivity contribution is 7.91. The first-order chi connectivity index (χ1) is 23.9. The highest BCUT2D eigenvalue weighted by Crippen LogP contribution is 2.12. The summed E-state index contributed by atoms with van der Waals surface area (Å²) in [5.41, 5.74) is 1.01. The van der Waals surface area contributed by atoms with Gasteiger partial charge in [0, 0.05) is 0 Å². The van der Waals surface area contributed by atoms with Gasteiger partial charge in [-0.15, -0.1) is 0 Å². The number of benzene rings is 1. The van der Waals surface area contributed by atoms with Crippen LogP contribution in [0.5, 0.6) is 0 Å². The van der Waals surface area contributed by atoms with Crippen LogP contribution in [0.1, 0.15) is 5.56 Å². The fourth-order valence-corrected chi connectivity index (χ4v) is 4.64. The van der Waals surface area contributed by atoms with Crippen LogP contribution in [-0.2, 0) is 66.7 Å². The molecule has 16 nitrogen and oxygen atoms in total. The molecule has 49 heavy (non-hydrogen) atoms. The Morgan fingerprint density at radius 2 is 0.694 bits per heavy atom. The Labute approximate surface area is 290 Å². The van der Waals surface area contributed by atoms with E-state index in [1.165, 1.54) is 0 Å². The van der Waals surface area contributed by atoms with E-state index in [1.54, 1.807) is 24.3 Å². The Hall–Kier alpha value is -2.00. The molecule has 0 saturated carbocycles. The summed E-state index contributed by atoms with van der Waals surface area (Å²) in [5.74, 6) is -0.0671. The van der Waals surface area contributed by atoms with Crippen molar-refractivity contribution < 1.29 is 75.2 Å². The van der Waals surface area contributed by atoms with Gasteiger partial charge < -0.3 is 61.9 Å². The largest absolute Gasteiger partial charge is 0.505 e. The van der Waals surface area contributed by atoms with Crippen LogP contribution >= 0.6 is 0 Å². The van der Waals surface area contributed by atoms with E-state index in [0.29, 0.717) is 137 Å². The van der Waals surface area contributed by atoms with E-state index in [0.717, 1.165) is 5.56 Å². The third-order valence-corrected chi connectivity index (χ3v) is 7.74. The Morgan fingerprint density at radius 3 is 0.959 bits per heavy atom. The SMILES string of the molecule is Cc1ccc(S(=O)(=O)CCOCCOCCOCCOCCOCCOCCOCCOCCOCCOCCOCCOC(=O)O)cc1. The molecule has 0 saturated heterocycles. The van der Waals surface area contributed by atoms with Crippen molar-refractivity contribution in [2.24, 2.45) is 0 Å². The summed E-state index contributed by atoms with van der Waals surface area (Å²) >= 11 is 0. The number of sulfone groups is 1. The van der Waals surface area contributed by atoms with Crippen LogP contribution in [0.25, 0.3) is 0 Å². The second-order valence-electron chi connectivity index (χ2n) is 9.98. The van der Waals surface area contributed by atoms with Crippen LogP contribution in [0.2, 0.25) is 0 Å². The standard InChI is InChI=1S/C32H56O16S/c1-30-2-4-31(5-3-30)49(35,36)29-28-47-25-24-45-21-20-43-17-16-41-13-12-39-9-8-37-6-7-38-10-11-40-14-15-42-18-19-44-22-23-46-26-27-48-32(33)34/h2-5H,6-29H2,1H3,(H,33,34). The number of hydrogen-bond acceptors (Lipinski definition) is 15. The molecule has 1 N–H and O–H groups in total. The monoisotopic (exact) mass is 728 g/mol. The van der Waals surface area contributed by atoms with Crippen molar-refractivity contribution in [2.45, 2.75) is 11.8 Å². The molecule has 1 rings (SSSR count). The number of carbonyl (C=O) groups is 1. The lowest BCUT2D eigenvalue weighted by Gasteiger charge is -2.09. The van der Waals surface area contributed by atoms with Crippen LogP contribution in [-0.4, -0.2) is 177 Å². The maximum atomic E-state index is 12.3. The third-order valence-electron chi connectivity index (χ3n) is 6.05. The lowest BCUT2D eigenvalue weighted by molar-refractivity contribution is -0.0279. The molecule has 0 bridgehead atoms. The van der Waals surface area contributed by atoms with Crippen LogP contribution < -0.4 is 0 Å². The number of carboxylic acid groups (broad SMARTS) is 1. The summed E-state index contributed by atoms with van der Waals surface area (Å²) in [6, 6.07) is 6.78. The first-order valence-electron chi connectivity index (χ1n) is 16.4. The first-order valence-corrected chi connectivity index (χ1v) is 18.1. The zero-order valence-corrected chi connectivity index (χ0v) is 29.6. The number of hydrogen-bond donors (Lipinski definition) is 1. The second-order valence-corrected chi connectivity index (χ2v) is 12.1. The van der Waals surface area contributed by atoms with Crippen LogP contribution in [0.3, 0.4) is 0 Å². The molecule has 0 aromatic heterocycles. The zero-order valence-electron chi connectivity index (χ0n) is 28.8. The molecule has 1 aromatic rings. The lowest BCUT2D eigenvalue weighted by Crippen LogP contribution is -2.16. The quantitative estimate of drug-likeness (QED) is 0.0771. The second kappa shape index (κ2) is 33.2. The van der Waals surface area contributed by atoms with Crippen molar-refractivity contribution in [1.82, 2.24) is 0 Å². The molecule has 1 aromatic carbocycles. The molecular formula is C32H56O16S. The zero-order chi connectivity index (χ0) is 35.5. The van der Waals surface area contributed by atoms with Gasteiger partial charge in [-0.25, -0.2) is 13.2 Å². The van der Waals surface area contributed by atoms with Crippen molar-refractivity contribution in [2.75, 3.05) is 158 Å². The van der Waals surface area contributed by atoms with Gasteiger partial charge in [-0.2, -0.15) is 0 Å². The average molecular weight is 729 g/mol. The molecule has 0 aliphatic carbocycles. The van der Waals surface area contributed by atoms with Gasteiger partial charge in [0.1, 0.15) is 6.61 Å². The van der Waals surface area contributed by atoms with Crippen molar-refractivity contribution in [3.63, 3.8) is 0 Å². The number of ether oxygens (including phenoxy) is 12. The number of aryl methyl sites for hydroxylation is 1. The van der Waals surface area contributed by atoms with E-state index < -0.39 is 16.0 Å². The summed E-state index contributed by atoms with van der Waals surface area (Å²) in [7, 11) is -3.34. The molecule has 0 aliphatic rings. The molecule has 0 radical (unpaired) electrons. The first kappa shape index (κ1) is 45.0. The molecule has 0 amide bonds. The topological polar surface area (TPSA) is 182 Å². The summed E-state index contributed by atoms with van der Waals surface area (Å²) < 4.78 is 88.2. The molecule has 0 fully saturated rings. The smallest absolute Gasteiger partial charge is 0.450 e. The highest BCUT2D eigenvalue weighted by atomic mass is 32.2. The third kappa shape index (κ3) is 30.5. The summed E-state index contributed by atoms with van der Waals surface area (Å²) in [6.45, 7) is 10.9. The van der Waals surface area contributed by atoms with Gasteiger partial charge in [-0.05, 0) is 19.1 Å². The van der Waals surface area contributed by atoms with E-state index >= 15 is 0 Å². The fraction of sp³-hybridized carbons (Fsp3) is 0.781. The van der Waals surface area contributed by atoms with Gasteiger partial charge in [0.25, 0.3) is 0 Å². The molecule has 286 valence electrons. The summed E-state index contributed by atoms with van der Waals surface area (Å²) in [4.78, 5) is 10.5. The molecular weight excluding hydrogens is 672 g/mol. The maximum absolute atomic E-state index is 12.3. The van der Waals surface area contributed by atoms with Crippen molar-refractivity contribution in [3.8, 4) is 0 Å². The van der Waals surface area contributed by atoms with Crippen molar-refractivity contribution in [3.05, 3.63) is 29.8 Å². The van der Waals surface area contributed by atoms with Crippen LogP contribution in [0.4, 0.5) is 4.79 Å². The minimum Gasteiger partial charge on any atom is -0.450 e. The van der Waals surface area contributed by atoms with E-state index in [1.807, 2.05) is 6.92 Å². The average Bonchev–Trinajstić information content (AvgIpc) is 3.08. The van der Waals surface area contributed by atoms with Crippen LogP contribution in [0, 0.1) is 6.92 Å². The molecule has 0 heterocycles. The van der Waals surface area contributed by atoms with E-state index in [9.17, 15) is 13.2 Å². The van der Waals surface area contributed by atoms with Gasteiger partial charge in [-0.3, -0.25) is 0 Å².